The zero-order valence-electron chi connectivity index (χ0n) is 20.7. The highest BCUT2D eigenvalue weighted by atomic mass is 35.5. The third-order valence-corrected chi connectivity index (χ3v) is 7.69. The maximum absolute atomic E-state index is 13.6. The third-order valence-electron chi connectivity index (χ3n) is 5.59. The van der Waals surface area contributed by atoms with E-state index in [1.165, 1.54) is 24.1 Å². The van der Waals surface area contributed by atoms with Crippen LogP contribution >= 0.6 is 34.8 Å². The zero-order chi connectivity index (χ0) is 27.2. The topological polar surface area (TPSA) is 96.0 Å². The number of nitrogens with one attached hydrogen (secondary N) is 1. The maximum atomic E-state index is 13.6. The van der Waals surface area contributed by atoms with Crippen LogP contribution in [0.2, 0.25) is 15.1 Å². The van der Waals surface area contributed by atoms with Gasteiger partial charge < -0.3 is 15.0 Å². The molecule has 0 saturated carbocycles. The fourth-order valence-electron chi connectivity index (χ4n) is 3.34. The highest BCUT2D eigenvalue weighted by Crippen LogP contribution is 2.33. The standard InChI is InChI=1S/C24H30Cl3N3O5S/c1-6-15(2)28-24(32)16(3)29(13-17-7-9-19(26)20(27)11-17)23(31)14-30(36(5,33)34)21-12-18(25)8-10-22(21)35-4/h7-12,15-16H,6,13-14H2,1-5H3,(H,28,32). The Labute approximate surface area is 227 Å². The molecule has 0 radical (unpaired) electrons. The summed E-state index contributed by atoms with van der Waals surface area (Å²) in [4.78, 5) is 27.9. The van der Waals surface area contributed by atoms with Crippen LogP contribution in [0.4, 0.5) is 5.69 Å². The normalized spacial score (nSPS) is 13.0. The second kappa shape index (κ2) is 12.9. The number of halogens is 3. The summed E-state index contributed by atoms with van der Waals surface area (Å²) in [5.74, 6) is -0.763. The van der Waals surface area contributed by atoms with Crippen molar-refractivity contribution < 1.29 is 22.7 Å². The molecule has 0 saturated heterocycles. The first-order valence-corrected chi connectivity index (χ1v) is 14.1. The van der Waals surface area contributed by atoms with Crippen LogP contribution < -0.4 is 14.4 Å². The number of benzene rings is 2. The molecule has 2 aromatic carbocycles. The minimum Gasteiger partial charge on any atom is -0.495 e. The number of rotatable bonds is 11. The molecule has 2 amide bonds. The molecule has 0 fully saturated rings. The van der Waals surface area contributed by atoms with Gasteiger partial charge in [-0.1, -0.05) is 47.8 Å². The molecule has 0 aliphatic carbocycles. The van der Waals surface area contributed by atoms with Gasteiger partial charge in [0.1, 0.15) is 18.3 Å². The molecule has 0 heterocycles. The van der Waals surface area contributed by atoms with Crippen molar-refractivity contribution in [2.75, 3.05) is 24.2 Å². The van der Waals surface area contributed by atoms with E-state index < -0.39 is 28.5 Å². The summed E-state index contributed by atoms with van der Waals surface area (Å²) in [5, 5.41) is 3.76. The molecule has 1 N–H and O–H groups in total. The second-order valence-corrected chi connectivity index (χ2v) is 11.5. The Morgan fingerprint density at radius 3 is 2.28 bits per heavy atom. The molecule has 2 aromatic rings. The first kappa shape index (κ1) is 30.0. The van der Waals surface area contributed by atoms with Crippen molar-refractivity contribution in [1.29, 1.82) is 0 Å². The van der Waals surface area contributed by atoms with Crippen LogP contribution in [-0.4, -0.2) is 57.1 Å². The van der Waals surface area contributed by atoms with Gasteiger partial charge in [0, 0.05) is 17.6 Å². The van der Waals surface area contributed by atoms with E-state index in [9.17, 15) is 18.0 Å². The lowest BCUT2D eigenvalue weighted by Gasteiger charge is -2.32. The lowest BCUT2D eigenvalue weighted by molar-refractivity contribution is -0.139. The van der Waals surface area contributed by atoms with Gasteiger partial charge in [-0.15, -0.1) is 0 Å². The van der Waals surface area contributed by atoms with Crippen LogP contribution in [0.5, 0.6) is 5.75 Å². The fourth-order valence-corrected chi connectivity index (χ4v) is 4.67. The number of nitrogens with zero attached hydrogens (tertiary/aromatic N) is 2. The van der Waals surface area contributed by atoms with E-state index in [0.29, 0.717) is 22.0 Å². The predicted molar refractivity (Wildman–Crippen MR) is 145 cm³/mol. The molecule has 198 valence electrons. The Balaban J connectivity index is 2.48. The molecule has 0 spiro atoms. The molecular formula is C24H30Cl3N3O5S. The highest BCUT2D eigenvalue weighted by molar-refractivity contribution is 7.92. The first-order valence-electron chi connectivity index (χ1n) is 11.1. The van der Waals surface area contributed by atoms with Crippen LogP contribution in [0, 0.1) is 0 Å². The van der Waals surface area contributed by atoms with Gasteiger partial charge in [-0.05, 0) is 56.2 Å². The number of hydrogen-bond acceptors (Lipinski definition) is 5. The van der Waals surface area contributed by atoms with E-state index in [1.54, 1.807) is 31.2 Å². The summed E-state index contributed by atoms with van der Waals surface area (Å²) in [6.45, 7) is 4.77. The summed E-state index contributed by atoms with van der Waals surface area (Å²) in [6.07, 6.45) is 1.68. The van der Waals surface area contributed by atoms with Gasteiger partial charge in [0.05, 0.1) is 29.1 Å². The van der Waals surface area contributed by atoms with Crippen LogP contribution in [0.3, 0.4) is 0 Å². The molecule has 0 aliphatic heterocycles. The summed E-state index contributed by atoms with van der Waals surface area (Å²) >= 11 is 18.3. The molecule has 0 aromatic heterocycles. The number of carbonyl (C=O) groups is 2. The van der Waals surface area contributed by atoms with Crippen LogP contribution in [0.15, 0.2) is 36.4 Å². The van der Waals surface area contributed by atoms with Crippen molar-refractivity contribution in [2.45, 2.75) is 45.8 Å². The van der Waals surface area contributed by atoms with Gasteiger partial charge >= 0.3 is 0 Å². The average Bonchev–Trinajstić information content (AvgIpc) is 2.81. The molecule has 12 heteroatoms. The molecule has 2 unspecified atom stereocenters. The van der Waals surface area contributed by atoms with Crippen molar-refractivity contribution in [1.82, 2.24) is 10.2 Å². The lowest BCUT2D eigenvalue weighted by Crippen LogP contribution is -2.52. The Morgan fingerprint density at radius 2 is 1.72 bits per heavy atom. The minimum atomic E-state index is -3.94. The molecule has 0 bridgehead atoms. The zero-order valence-corrected chi connectivity index (χ0v) is 23.8. The van der Waals surface area contributed by atoms with Gasteiger partial charge in [0.15, 0.2) is 0 Å². The van der Waals surface area contributed by atoms with Gasteiger partial charge in [-0.25, -0.2) is 8.42 Å². The third kappa shape index (κ3) is 7.90. The monoisotopic (exact) mass is 577 g/mol. The van der Waals surface area contributed by atoms with Gasteiger partial charge in [0.2, 0.25) is 21.8 Å². The van der Waals surface area contributed by atoms with Crippen LogP contribution in [-0.2, 0) is 26.2 Å². The van der Waals surface area contributed by atoms with E-state index in [-0.39, 0.29) is 35.0 Å². The van der Waals surface area contributed by atoms with Crippen LogP contribution in [0.25, 0.3) is 0 Å². The summed E-state index contributed by atoms with van der Waals surface area (Å²) in [6, 6.07) is 8.30. The van der Waals surface area contributed by atoms with Crippen molar-refractivity contribution in [3.63, 3.8) is 0 Å². The number of anilines is 1. The molecular weight excluding hydrogens is 549 g/mol. The second-order valence-electron chi connectivity index (χ2n) is 8.35. The Kier molecular flexibility index (Phi) is 10.7. The first-order chi connectivity index (χ1) is 16.8. The molecule has 2 rings (SSSR count). The molecule has 0 aliphatic rings. The summed E-state index contributed by atoms with van der Waals surface area (Å²) in [7, 11) is -2.56. The smallest absolute Gasteiger partial charge is 0.244 e. The number of ether oxygens (including phenoxy) is 1. The average molecular weight is 579 g/mol. The van der Waals surface area contributed by atoms with Crippen molar-refractivity contribution in [3.8, 4) is 5.75 Å². The van der Waals surface area contributed by atoms with E-state index in [2.05, 4.69) is 5.32 Å². The van der Waals surface area contributed by atoms with E-state index in [1.807, 2.05) is 13.8 Å². The van der Waals surface area contributed by atoms with E-state index in [0.717, 1.165) is 10.6 Å². The Bertz CT molecular complexity index is 1210. The lowest BCUT2D eigenvalue weighted by atomic mass is 10.1. The van der Waals surface area contributed by atoms with Crippen molar-refractivity contribution in [2.24, 2.45) is 0 Å². The molecule has 36 heavy (non-hydrogen) atoms. The highest BCUT2D eigenvalue weighted by Gasteiger charge is 2.31. The fraction of sp³-hybridized carbons (Fsp3) is 0.417. The number of carbonyl (C=O) groups excluding carboxylic acids is 2. The van der Waals surface area contributed by atoms with Gasteiger partial charge in [0.25, 0.3) is 0 Å². The number of amides is 2. The van der Waals surface area contributed by atoms with Crippen molar-refractivity contribution >= 4 is 62.3 Å². The molecule has 8 nitrogen and oxygen atoms in total. The number of methoxy groups -OCH3 is 1. The van der Waals surface area contributed by atoms with Gasteiger partial charge in [-0.3, -0.25) is 13.9 Å². The number of hydrogen-bond donors (Lipinski definition) is 1. The quantitative estimate of drug-likeness (QED) is 0.415. The predicted octanol–water partition coefficient (Wildman–Crippen LogP) is 4.75. The van der Waals surface area contributed by atoms with E-state index in [4.69, 9.17) is 39.5 Å². The number of sulfonamides is 1. The largest absolute Gasteiger partial charge is 0.495 e. The van der Waals surface area contributed by atoms with E-state index >= 15 is 0 Å². The summed E-state index contributed by atoms with van der Waals surface area (Å²) in [5.41, 5.74) is 0.722. The Hall–Kier alpha value is -2.20. The maximum Gasteiger partial charge on any atom is 0.244 e. The SMILES string of the molecule is CCC(C)NC(=O)C(C)N(Cc1ccc(Cl)c(Cl)c1)C(=O)CN(c1cc(Cl)ccc1OC)S(C)(=O)=O. The van der Waals surface area contributed by atoms with Gasteiger partial charge in [-0.2, -0.15) is 0 Å². The molecule has 2 atom stereocenters. The van der Waals surface area contributed by atoms with Crippen LogP contribution in [0.1, 0.15) is 32.8 Å². The Morgan fingerprint density at radius 1 is 1.06 bits per heavy atom. The summed E-state index contributed by atoms with van der Waals surface area (Å²) < 4.78 is 31.7. The van der Waals surface area contributed by atoms with Crippen molar-refractivity contribution in [3.05, 3.63) is 57.0 Å². The minimum absolute atomic E-state index is 0.00486.